The zero-order chi connectivity index (χ0) is 19.7. The molecular formula is C18H15F3N4O2. The van der Waals surface area contributed by atoms with Gasteiger partial charge in [0.05, 0.1) is 17.3 Å². The Morgan fingerprint density at radius 1 is 1.07 bits per heavy atom. The van der Waals surface area contributed by atoms with Crippen LogP contribution in [0.15, 0.2) is 41.2 Å². The number of nitrogens with one attached hydrogen (secondary N) is 1. The van der Waals surface area contributed by atoms with Gasteiger partial charge in [0.15, 0.2) is 0 Å². The fourth-order valence-corrected chi connectivity index (χ4v) is 2.61. The van der Waals surface area contributed by atoms with Gasteiger partial charge in [0.1, 0.15) is 17.5 Å². The number of anilines is 1. The molecule has 0 saturated heterocycles. The van der Waals surface area contributed by atoms with Gasteiger partial charge in [0.2, 0.25) is 11.9 Å². The maximum absolute atomic E-state index is 13.4. The average Bonchev–Trinajstić information content (AvgIpc) is 2.55. The van der Waals surface area contributed by atoms with Crippen LogP contribution in [0, 0.1) is 17.5 Å². The maximum atomic E-state index is 13.4. The first-order valence-corrected chi connectivity index (χ1v) is 7.89. The highest BCUT2D eigenvalue weighted by Gasteiger charge is 2.16. The minimum atomic E-state index is -0.807. The molecule has 0 atom stereocenters. The smallest absolute Gasteiger partial charge is 0.281 e. The van der Waals surface area contributed by atoms with E-state index in [4.69, 9.17) is 0 Å². The van der Waals surface area contributed by atoms with Crippen LogP contribution in [0.4, 0.5) is 19.1 Å². The molecule has 9 heteroatoms. The Balaban J connectivity index is 1.99. The molecule has 0 radical (unpaired) electrons. The number of amides is 1. The van der Waals surface area contributed by atoms with Gasteiger partial charge in [-0.2, -0.15) is 4.68 Å². The average molecular weight is 376 g/mol. The van der Waals surface area contributed by atoms with Crippen LogP contribution in [0.25, 0.3) is 10.9 Å². The van der Waals surface area contributed by atoms with Crippen molar-refractivity contribution >= 4 is 22.8 Å². The molecule has 1 heterocycles. The van der Waals surface area contributed by atoms with Crippen molar-refractivity contribution in [3.63, 3.8) is 0 Å². The molecule has 0 saturated carbocycles. The SMILES string of the molecule is CN(C)c1nc2cc(F)ccc2c(=O)n1NC(=O)Cc1cc(F)cc(F)c1. The molecular weight excluding hydrogens is 361 g/mol. The number of carbonyl (C=O) groups excluding carboxylic acids is 1. The molecule has 3 aromatic rings. The van der Waals surface area contributed by atoms with E-state index >= 15 is 0 Å². The van der Waals surface area contributed by atoms with E-state index in [0.717, 1.165) is 28.9 Å². The molecule has 0 aliphatic heterocycles. The van der Waals surface area contributed by atoms with Gasteiger partial charge in [-0.3, -0.25) is 15.0 Å². The van der Waals surface area contributed by atoms with E-state index in [1.165, 1.54) is 11.0 Å². The third kappa shape index (κ3) is 3.91. The molecule has 0 fully saturated rings. The van der Waals surface area contributed by atoms with Crippen molar-refractivity contribution in [1.82, 2.24) is 9.66 Å². The van der Waals surface area contributed by atoms with Crippen LogP contribution in [0.2, 0.25) is 0 Å². The van der Waals surface area contributed by atoms with Gasteiger partial charge in [-0.1, -0.05) is 0 Å². The van der Waals surface area contributed by atoms with Gasteiger partial charge in [0.25, 0.3) is 5.56 Å². The van der Waals surface area contributed by atoms with Gasteiger partial charge in [-0.25, -0.2) is 18.2 Å². The standard InChI is InChI=1S/C18H15F3N4O2/c1-24(2)18-22-15-9-11(19)3-4-14(15)17(27)25(18)23-16(26)7-10-5-12(20)8-13(21)6-10/h3-6,8-9H,7H2,1-2H3,(H,23,26). The molecule has 140 valence electrons. The summed E-state index contributed by atoms with van der Waals surface area (Å²) in [5.41, 5.74) is 2.02. The van der Waals surface area contributed by atoms with Gasteiger partial charge >= 0.3 is 0 Å². The Kier molecular flexibility index (Phi) is 4.85. The van der Waals surface area contributed by atoms with Crippen LogP contribution in [0.3, 0.4) is 0 Å². The normalized spacial score (nSPS) is 10.9. The highest BCUT2D eigenvalue weighted by Crippen LogP contribution is 2.14. The molecule has 6 nitrogen and oxygen atoms in total. The predicted molar refractivity (Wildman–Crippen MR) is 94.7 cm³/mol. The number of hydrogen-bond donors (Lipinski definition) is 1. The third-order valence-corrected chi connectivity index (χ3v) is 3.74. The monoisotopic (exact) mass is 376 g/mol. The first-order chi connectivity index (χ1) is 12.7. The molecule has 1 amide bonds. The molecule has 2 aromatic carbocycles. The highest BCUT2D eigenvalue weighted by atomic mass is 19.1. The van der Waals surface area contributed by atoms with E-state index in [0.29, 0.717) is 6.07 Å². The van der Waals surface area contributed by atoms with Crippen LogP contribution in [-0.4, -0.2) is 29.7 Å². The van der Waals surface area contributed by atoms with Crippen molar-refractivity contribution in [2.75, 3.05) is 24.4 Å². The summed E-state index contributed by atoms with van der Waals surface area (Å²) in [6.07, 6.45) is -0.352. The van der Waals surface area contributed by atoms with Crippen LogP contribution in [-0.2, 0) is 11.2 Å². The minimum Gasteiger partial charge on any atom is -0.347 e. The number of halogens is 3. The minimum absolute atomic E-state index is 0.0665. The molecule has 1 N–H and O–H groups in total. The molecule has 0 aliphatic rings. The van der Waals surface area contributed by atoms with Crippen molar-refractivity contribution in [1.29, 1.82) is 0 Å². The quantitative estimate of drug-likeness (QED) is 0.758. The second-order valence-electron chi connectivity index (χ2n) is 6.10. The molecule has 0 aliphatic carbocycles. The van der Waals surface area contributed by atoms with Gasteiger partial charge in [-0.15, -0.1) is 0 Å². The lowest BCUT2D eigenvalue weighted by molar-refractivity contribution is -0.116. The summed E-state index contributed by atoms with van der Waals surface area (Å²) in [4.78, 5) is 30.7. The first-order valence-electron chi connectivity index (χ1n) is 7.89. The number of aromatic nitrogens is 2. The van der Waals surface area contributed by atoms with E-state index in [-0.39, 0.29) is 28.8 Å². The van der Waals surface area contributed by atoms with E-state index in [1.807, 2.05) is 0 Å². The summed E-state index contributed by atoms with van der Waals surface area (Å²) in [5.74, 6) is -2.77. The summed E-state index contributed by atoms with van der Waals surface area (Å²) in [6, 6.07) is 6.25. The molecule has 1 aromatic heterocycles. The number of benzene rings is 2. The van der Waals surface area contributed by atoms with E-state index in [1.54, 1.807) is 14.1 Å². The van der Waals surface area contributed by atoms with Crippen LogP contribution < -0.4 is 15.9 Å². The molecule has 0 unspecified atom stereocenters. The van der Waals surface area contributed by atoms with Crippen LogP contribution in [0.5, 0.6) is 0 Å². The van der Waals surface area contributed by atoms with Crippen molar-refractivity contribution in [2.45, 2.75) is 6.42 Å². The third-order valence-electron chi connectivity index (χ3n) is 3.74. The van der Waals surface area contributed by atoms with E-state index in [9.17, 15) is 22.8 Å². The number of fused-ring (bicyclic) bond motifs is 1. The topological polar surface area (TPSA) is 67.2 Å². The highest BCUT2D eigenvalue weighted by molar-refractivity contribution is 5.87. The first kappa shape index (κ1) is 18.4. The van der Waals surface area contributed by atoms with Gasteiger partial charge in [-0.05, 0) is 29.8 Å². The number of rotatable bonds is 4. The zero-order valence-electron chi connectivity index (χ0n) is 14.5. The fraction of sp³-hybridized carbons (Fsp3) is 0.167. The second-order valence-corrected chi connectivity index (χ2v) is 6.10. The van der Waals surface area contributed by atoms with Gasteiger partial charge < -0.3 is 4.90 Å². The lowest BCUT2D eigenvalue weighted by Crippen LogP contribution is -2.38. The molecule has 27 heavy (non-hydrogen) atoms. The maximum Gasteiger partial charge on any atom is 0.281 e. The Morgan fingerprint density at radius 2 is 1.74 bits per heavy atom. The predicted octanol–water partition coefficient (Wildman–Crippen LogP) is 2.19. The Morgan fingerprint density at radius 3 is 2.37 bits per heavy atom. The number of carbonyl (C=O) groups is 1. The summed E-state index contributed by atoms with van der Waals surface area (Å²) in [6.45, 7) is 0. The lowest BCUT2D eigenvalue weighted by Gasteiger charge is -2.19. The summed E-state index contributed by atoms with van der Waals surface area (Å²) in [7, 11) is 3.19. The number of nitrogens with zero attached hydrogens (tertiary/aromatic N) is 3. The van der Waals surface area contributed by atoms with E-state index in [2.05, 4.69) is 10.4 Å². The van der Waals surface area contributed by atoms with Crippen molar-refractivity contribution in [3.05, 3.63) is 69.8 Å². The summed E-state index contributed by atoms with van der Waals surface area (Å²) < 4.78 is 40.9. The van der Waals surface area contributed by atoms with Crippen LogP contribution in [0.1, 0.15) is 5.56 Å². The Labute approximate surface area is 151 Å². The summed E-state index contributed by atoms with van der Waals surface area (Å²) in [5, 5.41) is 0.110. The van der Waals surface area contributed by atoms with Crippen molar-refractivity contribution < 1.29 is 18.0 Å². The zero-order valence-corrected chi connectivity index (χ0v) is 14.5. The molecule has 0 bridgehead atoms. The fourth-order valence-electron chi connectivity index (χ4n) is 2.61. The van der Waals surface area contributed by atoms with E-state index < -0.39 is 28.9 Å². The number of hydrogen-bond acceptors (Lipinski definition) is 4. The Bertz CT molecular complexity index is 1080. The lowest BCUT2D eigenvalue weighted by atomic mass is 10.1. The second kappa shape index (κ2) is 7.10. The summed E-state index contributed by atoms with van der Waals surface area (Å²) >= 11 is 0. The van der Waals surface area contributed by atoms with Gasteiger partial charge in [0, 0.05) is 26.2 Å². The largest absolute Gasteiger partial charge is 0.347 e. The molecule has 0 spiro atoms. The van der Waals surface area contributed by atoms with Crippen LogP contribution >= 0.6 is 0 Å². The van der Waals surface area contributed by atoms with Crippen molar-refractivity contribution in [2.24, 2.45) is 0 Å². The molecule has 3 rings (SSSR count). The van der Waals surface area contributed by atoms with Crippen molar-refractivity contribution in [3.8, 4) is 0 Å². The Hall–Kier alpha value is -3.36.